The molecule has 0 aromatic rings. The minimum absolute atomic E-state index is 0.00493. The summed E-state index contributed by atoms with van der Waals surface area (Å²) in [5.41, 5.74) is 0. The molecule has 0 rings (SSSR count). The van der Waals surface area contributed by atoms with E-state index in [0.29, 0.717) is 19.6 Å². The molecule has 1 amide bonds. The third-order valence-electron chi connectivity index (χ3n) is 4.30. The minimum Gasteiger partial charge on any atom is -0.481 e. The van der Waals surface area contributed by atoms with Crippen LogP contribution in [0.25, 0.3) is 0 Å². The van der Waals surface area contributed by atoms with Crippen LogP contribution in [0.2, 0.25) is 0 Å². The number of Topliss-reactive ketones (excluding diaryl/α,β-unsaturated/α-hetero) is 2. The average Bonchev–Trinajstić information content (AvgIpc) is 2.68. The van der Waals surface area contributed by atoms with Crippen molar-refractivity contribution in [3.63, 3.8) is 0 Å². The van der Waals surface area contributed by atoms with Crippen molar-refractivity contribution in [2.45, 2.75) is 64.3 Å². The summed E-state index contributed by atoms with van der Waals surface area (Å²) in [6.07, 6.45) is 0.884. The topological polar surface area (TPSA) is 156 Å². The average molecular weight is 431 g/mol. The highest BCUT2D eigenvalue weighted by atomic mass is 16.5. The predicted molar refractivity (Wildman–Crippen MR) is 106 cm³/mol. The minimum atomic E-state index is -1.27. The van der Waals surface area contributed by atoms with Gasteiger partial charge in [0.05, 0.1) is 5.92 Å². The summed E-state index contributed by atoms with van der Waals surface area (Å²) in [5, 5.41) is 20.8. The van der Waals surface area contributed by atoms with E-state index in [0.717, 1.165) is 6.42 Å². The summed E-state index contributed by atoms with van der Waals surface area (Å²) < 4.78 is 9.93. The molecule has 10 nitrogen and oxygen atoms in total. The largest absolute Gasteiger partial charge is 0.481 e. The van der Waals surface area contributed by atoms with E-state index in [1.165, 1.54) is 7.11 Å². The van der Waals surface area contributed by atoms with Gasteiger partial charge in [0, 0.05) is 46.0 Å². The number of carbonyl (C=O) groups is 5. The molecule has 0 aliphatic heterocycles. The normalized spacial score (nSPS) is 12.7. The molecule has 0 aliphatic carbocycles. The van der Waals surface area contributed by atoms with Crippen LogP contribution in [0.15, 0.2) is 0 Å². The zero-order chi connectivity index (χ0) is 22.9. The van der Waals surface area contributed by atoms with Crippen molar-refractivity contribution >= 4 is 29.4 Å². The molecule has 10 heteroatoms. The van der Waals surface area contributed by atoms with Gasteiger partial charge < -0.3 is 25.0 Å². The first-order chi connectivity index (χ1) is 14.2. The number of ether oxygens (including phenoxy) is 2. The van der Waals surface area contributed by atoms with Gasteiger partial charge in [0.25, 0.3) is 0 Å². The maximum Gasteiger partial charge on any atom is 0.326 e. The number of amides is 1. The standard InChI is InChI=1S/C20H33NO9/c1-3-10-30-13-16(23)12-14(19(25)26)6-9-18(24)21-17(20(27)28)8-7-15(22)5-4-11-29-2/h14,17H,3-13H2,1-2H3,(H,21,24)(H,25,26)(H,27,28). The van der Waals surface area contributed by atoms with Gasteiger partial charge >= 0.3 is 11.9 Å². The van der Waals surface area contributed by atoms with Crippen molar-refractivity contribution in [2.75, 3.05) is 26.9 Å². The molecule has 3 N–H and O–H groups in total. The summed E-state index contributed by atoms with van der Waals surface area (Å²) >= 11 is 0. The fourth-order valence-corrected chi connectivity index (χ4v) is 2.65. The van der Waals surface area contributed by atoms with E-state index in [4.69, 9.17) is 9.47 Å². The molecule has 0 aromatic carbocycles. The van der Waals surface area contributed by atoms with E-state index in [-0.39, 0.29) is 56.7 Å². The molecule has 0 heterocycles. The van der Waals surface area contributed by atoms with Crippen molar-refractivity contribution in [2.24, 2.45) is 5.92 Å². The van der Waals surface area contributed by atoms with Crippen molar-refractivity contribution in [3.8, 4) is 0 Å². The lowest BCUT2D eigenvalue weighted by Crippen LogP contribution is -2.41. The lowest BCUT2D eigenvalue weighted by molar-refractivity contribution is -0.145. The molecule has 2 unspecified atom stereocenters. The van der Waals surface area contributed by atoms with E-state index in [1.54, 1.807) is 0 Å². The fourth-order valence-electron chi connectivity index (χ4n) is 2.65. The quantitative estimate of drug-likeness (QED) is 0.256. The Labute approximate surface area is 176 Å². The second-order valence-corrected chi connectivity index (χ2v) is 7.00. The van der Waals surface area contributed by atoms with Crippen LogP contribution < -0.4 is 5.32 Å². The smallest absolute Gasteiger partial charge is 0.326 e. The Morgan fingerprint density at radius 1 is 0.900 bits per heavy atom. The van der Waals surface area contributed by atoms with E-state index in [2.05, 4.69) is 5.32 Å². The monoisotopic (exact) mass is 431 g/mol. The van der Waals surface area contributed by atoms with Gasteiger partial charge in [-0.1, -0.05) is 6.92 Å². The number of carboxylic acids is 2. The third kappa shape index (κ3) is 13.8. The number of rotatable bonds is 19. The lowest BCUT2D eigenvalue weighted by Gasteiger charge is -2.16. The first-order valence-electron chi connectivity index (χ1n) is 10.1. The number of nitrogens with one attached hydrogen (secondary N) is 1. The van der Waals surface area contributed by atoms with E-state index in [1.807, 2.05) is 6.92 Å². The molecule has 0 fully saturated rings. The van der Waals surface area contributed by atoms with Crippen molar-refractivity contribution in [1.29, 1.82) is 0 Å². The molecule has 0 bridgehead atoms. The Bertz CT molecular complexity index is 577. The molecule has 0 spiro atoms. The first-order valence-corrected chi connectivity index (χ1v) is 10.1. The van der Waals surface area contributed by atoms with Gasteiger partial charge in [-0.25, -0.2) is 4.79 Å². The predicted octanol–water partition coefficient (Wildman–Crippen LogP) is 1.20. The van der Waals surface area contributed by atoms with E-state index < -0.39 is 29.8 Å². The highest BCUT2D eigenvalue weighted by molar-refractivity contribution is 5.86. The van der Waals surface area contributed by atoms with Crippen LogP contribution in [-0.2, 0) is 33.4 Å². The molecule has 172 valence electrons. The van der Waals surface area contributed by atoms with E-state index in [9.17, 15) is 34.2 Å². The molecule has 0 aliphatic rings. The number of ketones is 2. The zero-order valence-electron chi connectivity index (χ0n) is 17.7. The summed E-state index contributed by atoms with van der Waals surface area (Å²) in [6.45, 7) is 2.54. The second kappa shape index (κ2) is 16.5. The molecule has 2 atom stereocenters. The van der Waals surface area contributed by atoms with E-state index >= 15 is 0 Å². The molecule has 0 radical (unpaired) electrons. The first kappa shape index (κ1) is 27.7. The van der Waals surface area contributed by atoms with Gasteiger partial charge in [0.2, 0.25) is 5.91 Å². The highest BCUT2D eigenvalue weighted by Gasteiger charge is 2.25. The third-order valence-corrected chi connectivity index (χ3v) is 4.30. The molecule has 0 aromatic heterocycles. The van der Waals surface area contributed by atoms with Gasteiger partial charge in [-0.05, 0) is 25.7 Å². The molecule has 0 saturated carbocycles. The number of aliphatic carboxylic acids is 2. The Morgan fingerprint density at radius 2 is 1.60 bits per heavy atom. The van der Waals surface area contributed by atoms with Gasteiger partial charge in [-0.2, -0.15) is 0 Å². The van der Waals surface area contributed by atoms with Crippen LogP contribution in [-0.4, -0.2) is 72.6 Å². The van der Waals surface area contributed by atoms with Gasteiger partial charge in [0.15, 0.2) is 5.78 Å². The summed E-state index contributed by atoms with van der Waals surface area (Å²) in [6, 6.07) is -1.24. The SMILES string of the molecule is CCCOCC(=O)CC(CCC(=O)NC(CCC(=O)CCCOC)C(=O)O)C(=O)O. The Kier molecular flexibility index (Phi) is 15.2. The number of hydrogen-bond acceptors (Lipinski definition) is 7. The van der Waals surface area contributed by atoms with Crippen LogP contribution in [0.5, 0.6) is 0 Å². The summed E-state index contributed by atoms with van der Waals surface area (Å²) in [4.78, 5) is 58.2. The molecule has 30 heavy (non-hydrogen) atoms. The Balaban J connectivity index is 4.47. The Hall–Kier alpha value is -2.33. The van der Waals surface area contributed by atoms with Crippen molar-refractivity contribution < 1.29 is 43.7 Å². The summed E-state index contributed by atoms with van der Waals surface area (Å²) in [5.74, 6) is -4.67. The van der Waals surface area contributed by atoms with Crippen molar-refractivity contribution in [3.05, 3.63) is 0 Å². The molecular weight excluding hydrogens is 398 g/mol. The number of carbonyl (C=O) groups excluding carboxylic acids is 3. The summed E-state index contributed by atoms with van der Waals surface area (Å²) in [7, 11) is 1.52. The lowest BCUT2D eigenvalue weighted by atomic mass is 9.97. The zero-order valence-corrected chi connectivity index (χ0v) is 17.7. The highest BCUT2D eigenvalue weighted by Crippen LogP contribution is 2.13. The van der Waals surface area contributed by atoms with Crippen LogP contribution >= 0.6 is 0 Å². The van der Waals surface area contributed by atoms with Crippen LogP contribution in [0, 0.1) is 5.92 Å². The molecular formula is C20H33NO9. The van der Waals surface area contributed by atoms with Gasteiger partial charge in [-0.3, -0.25) is 19.2 Å². The van der Waals surface area contributed by atoms with Crippen LogP contribution in [0.3, 0.4) is 0 Å². The van der Waals surface area contributed by atoms with Crippen LogP contribution in [0.1, 0.15) is 58.3 Å². The fraction of sp³-hybridized carbons (Fsp3) is 0.750. The van der Waals surface area contributed by atoms with Gasteiger partial charge in [0.1, 0.15) is 18.4 Å². The molecule has 0 saturated heterocycles. The number of methoxy groups -OCH3 is 1. The number of hydrogen-bond donors (Lipinski definition) is 3. The van der Waals surface area contributed by atoms with Gasteiger partial charge in [-0.15, -0.1) is 0 Å². The maximum atomic E-state index is 12.1. The van der Waals surface area contributed by atoms with Crippen molar-refractivity contribution in [1.82, 2.24) is 5.32 Å². The maximum absolute atomic E-state index is 12.1. The Morgan fingerprint density at radius 3 is 2.17 bits per heavy atom. The second-order valence-electron chi connectivity index (χ2n) is 7.00. The van der Waals surface area contributed by atoms with Crippen LogP contribution in [0.4, 0.5) is 0 Å². The number of carboxylic acid groups (broad SMARTS) is 2.